The summed E-state index contributed by atoms with van der Waals surface area (Å²) in [6, 6.07) is 16.7. The van der Waals surface area contributed by atoms with Crippen molar-refractivity contribution in [3.05, 3.63) is 65.5 Å². The van der Waals surface area contributed by atoms with Gasteiger partial charge in [-0.15, -0.1) is 0 Å². The second-order valence-corrected chi connectivity index (χ2v) is 5.49. The van der Waals surface area contributed by atoms with Gasteiger partial charge in [0, 0.05) is 12.0 Å². The van der Waals surface area contributed by atoms with Crippen LogP contribution in [0.3, 0.4) is 0 Å². The summed E-state index contributed by atoms with van der Waals surface area (Å²) < 4.78 is 16.6. The number of aromatic nitrogens is 1. The minimum atomic E-state index is 0.487. The Balaban J connectivity index is 1.62. The van der Waals surface area contributed by atoms with Crippen LogP contribution in [0.25, 0.3) is 11.5 Å². The molecule has 0 aliphatic carbocycles. The largest absolute Gasteiger partial charge is 0.497 e. The number of hydrogen-bond acceptors (Lipinski definition) is 5. The van der Waals surface area contributed by atoms with Crippen LogP contribution in [-0.4, -0.2) is 18.7 Å². The van der Waals surface area contributed by atoms with Gasteiger partial charge in [-0.25, -0.2) is 4.98 Å². The summed E-state index contributed by atoms with van der Waals surface area (Å²) in [5.74, 6) is 2.90. The van der Waals surface area contributed by atoms with Crippen LogP contribution in [0.2, 0.25) is 0 Å². The third-order valence-electron chi connectivity index (χ3n) is 3.82. The summed E-state index contributed by atoms with van der Waals surface area (Å²) in [5, 5.41) is 8.79. The van der Waals surface area contributed by atoms with E-state index in [0.717, 1.165) is 28.5 Å². The fraction of sp³-hybridized carbons (Fsp3) is 0.200. The van der Waals surface area contributed by atoms with Crippen molar-refractivity contribution < 1.29 is 13.9 Å². The number of ether oxygens (including phenoxy) is 2. The van der Waals surface area contributed by atoms with Crippen LogP contribution in [0.15, 0.2) is 52.9 Å². The molecule has 5 nitrogen and oxygen atoms in total. The lowest BCUT2D eigenvalue weighted by Gasteiger charge is -2.04. The van der Waals surface area contributed by atoms with Crippen molar-refractivity contribution in [3.8, 4) is 29.0 Å². The van der Waals surface area contributed by atoms with Crippen molar-refractivity contribution in [1.29, 1.82) is 5.26 Å². The molecule has 0 bridgehead atoms. The third-order valence-corrected chi connectivity index (χ3v) is 3.82. The topological polar surface area (TPSA) is 68.3 Å². The summed E-state index contributed by atoms with van der Waals surface area (Å²) in [7, 11) is 1.64. The molecule has 1 aromatic heterocycles. The van der Waals surface area contributed by atoms with Crippen molar-refractivity contribution in [2.24, 2.45) is 0 Å². The predicted molar refractivity (Wildman–Crippen MR) is 93.6 cm³/mol. The number of oxazole rings is 1. The Morgan fingerprint density at radius 2 is 1.72 bits per heavy atom. The molecular weight excluding hydrogens is 316 g/mol. The molecule has 0 amide bonds. The first-order valence-electron chi connectivity index (χ1n) is 7.93. The monoisotopic (exact) mass is 334 g/mol. The molecule has 0 aliphatic heterocycles. The van der Waals surface area contributed by atoms with E-state index in [0.29, 0.717) is 24.5 Å². The minimum Gasteiger partial charge on any atom is -0.497 e. The Morgan fingerprint density at radius 3 is 2.36 bits per heavy atom. The molecule has 0 saturated heterocycles. The highest BCUT2D eigenvalue weighted by molar-refractivity contribution is 5.55. The van der Waals surface area contributed by atoms with Gasteiger partial charge in [0.05, 0.1) is 31.0 Å². The van der Waals surface area contributed by atoms with Gasteiger partial charge >= 0.3 is 0 Å². The average molecular weight is 334 g/mol. The van der Waals surface area contributed by atoms with Crippen molar-refractivity contribution in [2.45, 2.75) is 13.3 Å². The number of hydrogen-bond donors (Lipinski definition) is 0. The van der Waals surface area contributed by atoms with Crippen molar-refractivity contribution in [2.75, 3.05) is 13.7 Å². The summed E-state index contributed by atoms with van der Waals surface area (Å²) in [6.45, 7) is 2.39. The predicted octanol–water partition coefficient (Wildman–Crippen LogP) is 4.15. The molecule has 3 rings (SSSR count). The molecular formula is C20H18N2O3. The van der Waals surface area contributed by atoms with Crippen LogP contribution in [0.4, 0.5) is 0 Å². The average Bonchev–Trinajstić information content (AvgIpc) is 3.03. The molecule has 0 radical (unpaired) electrons. The molecule has 126 valence electrons. The van der Waals surface area contributed by atoms with E-state index in [2.05, 4.69) is 11.1 Å². The van der Waals surface area contributed by atoms with Crippen molar-refractivity contribution in [1.82, 2.24) is 4.98 Å². The lowest BCUT2D eigenvalue weighted by Crippen LogP contribution is -2.02. The molecule has 3 aromatic rings. The second kappa shape index (κ2) is 7.54. The van der Waals surface area contributed by atoms with E-state index in [1.807, 2.05) is 31.2 Å². The Bertz CT molecular complexity index is 875. The molecule has 0 saturated carbocycles. The van der Waals surface area contributed by atoms with Crippen molar-refractivity contribution in [3.63, 3.8) is 0 Å². The highest BCUT2D eigenvalue weighted by atomic mass is 16.5. The minimum absolute atomic E-state index is 0.487. The van der Waals surface area contributed by atoms with Gasteiger partial charge < -0.3 is 13.9 Å². The number of nitriles is 1. The molecule has 0 atom stereocenters. The lowest BCUT2D eigenvalue weighted by molar-refractivity contribution is 0.320. The molecule has 1 heterocycles. The zero-order valence-corrected chi connectivity index (χ0v) is 14.2. The van der Waals surface area contributed by atoms with Gasteiger partial charge in [0.2, 0.25) is 5.89 Å². The molecule has 5 heteroatoms. The number of aryl methyl sites for hydroxylation is 1. The highest BCUT2D eigenvalue weighted by Gasteiger charge is 2.11. The number of rotatable bonds is 6. The molecule has 25 heavy (non-hydrogen) atoms. The maximum Gasteiger partial charge on any atom is 0.226 e. The van der Waals surface area contributed by atoms with E-state index < -0.39 is 0 Å². The van der Waals surface area contributed by atoms with Crippen LogP contribution in [0, 0.1) is 18.3 Å². The van der Waals surface area contributed by atoms with E-state index >= 15 is 0 Å². The molecule has 2 aromatic carbocycles. The molecule has 0 N–H and O–H groups in total. The maximum absolute atomic E-state index is 8.79. The zero-order valence-electron chi connectivity index (χ0n) is 14.2. The zero-order chi connectivity index (χ0) is 17.6. The van der Waals surface area contributed by atoms with Crippen LogP contribution < -0.4 is 9.47 Å². The number of benzene rings is 2. The van der Waals surface area contributed by atoms with Crippen LogP contribution in [0.1, 0.15) is 17.0 Å². The van der Waals surface area contributed by atoms with Gasteiger partial charge in [-0.2, -0.15) is 5.26 Å². The van der Waals surface area contributed by atoms with Crippen LogP contribution in [-0.2, 0) is 6.42 Å². The summed E-state index contributed by atoms with van der Waals surface area (Å²) in [5.41, 5.74) is 2.39. The number of methoxy groups -OCH3 is 1. The normalized spacial score (nSPS) is 10.3. The summed E-state index contributed by atoms with van der Waals surface area (Å²) in [6.07, 6.45) is 0.644. The Kier molecular flexibility index (Phi) is 5.00. The smallest absolute Gasteiger partial charge is 0.226 e. The standard InChI is InChI=1S/C20H18N2O3/c1-14-19(11-12-24-18-7-3-15(13-21)4-8-18)22-20(25-14)16-5-9-17(23-2)10-6-16/h3-10H,11-12H2,1-2H3. The highest BCUT2D eigenvalue weighted by Crippen LogP contribution is 2.24. The third kappa shape index (κ3) is 3.99. The van der Waals surface area contributed by atoms with E-state index in [9.17, 15) is 0 Å². The molecule has 0 spiro atoms. The maximum atomic E-state index is 8.79. The summed E-state index contributed by atoms with van der Waals surface area (Å²) in [4.78, 5) is 4.56. The first-order valence-corrected chi connectivity index (χ1v) is 7.93. The Hall–Kier alpha value is -3.26. The van der Waals surface area contributed by atoms with E-state index in [1.165, 1.54) is 0 Å². The molecule has 0 fully saturated rings. The first kappa shape index (κ1) is 16.6. The van der Waals surface area contributed by atoms with Gasteiger partial charge in [-0.05, 0) is 55.5 Å². The Labute approximate surface area is 146 Å². The molecule has 0 aliphatic rings. The van der Waals surface area contributed by atoms with Gasteiger partial charge in [0.15, 0.2) is 0 Å². The van der Waals surface area contributed by atoms with E-state index in [1.54, 1.807) is 31.4 Å². The van der Waals surface area contributed by atoms with E-state index in [4.69, 9.17) is 19.2 Å². The van der Waals surface area contributed by atoms with Crippen LogP contribution in [0.5, 0.6) is 11.5 Å². The van der Waals surface area contributed by atoms with Crippen LogP contribution >= 0.6 is 0 Å². The van der Waals surface area contributed by atoms with Crippen molar-refractivity contribution >= 4 is 0 Å². The lowest BCUT2D eigenvalue weighted by atomic mass is 10.2. The fourth-order valence-electron chi connectivity index (χ4n) is 2.41. The summed E-state index contributed by atoms with van der Waals surface area (Å²) >= 11 is 0. The Morgan fingerprint density at radius 1 is 1.04 bits per heavy atom. The quantitative estimate of drug-likeness (QED) is 0.677. The van der Waals surface area contributed by atoms with Gasteiger partial charge in [-0.1, -0.05) is 0 Å². The fourth-order valence-corrected chi connectivity index (χ4v) is 2.41. The van der Waals surface area contributed by atoms with Gasteiger partial charge in [0.1, 0.15) is 17.3 Å². The second-order valence-electron chi connectivity index (χ2n) is 5.49. The molecule has 0 unspecified atom stereocenters. The van der Waals surface area contributed by atoms with Gasteiger partial charge in [-0.3, -0.25) is 0 Å². The number of nitrogens with zero attached hydrogens (tertiary/aromatic N) is 2. The van der Waals surface area contributed by atoms with Gasteiger partial charge in [0.25, 0.3) is 0 Å². The first-order chi connectivity index (χ1) is 12.2. The van der Waals surface area contributed by atoms with E-state index in [-0.39, 0.29) is 0 Å². The SMILES string of the molecule is COc1ccc(-c2nc(CCOc3ccc(C#N)cc3)c(C)o2)cc1.